The Morgan fingerprint density at radius 3 is 2.81 bits per heavy atom. The van der Waals surface area contributed by atoms with Crippen LogP contribution in [0.2, 0.25) is 0 Å². The quantitative estimate of drug-likeness (QED) is 0.658. The minimum absolute atomic E-state index is 0.0186. The summed E-state index contributed by atoms with van der Waals surface area (Å²) in [5.74, 6) is 0.0360. The van der Waals surface area contributed by atoms with Crippen LogP contribution in [0.25, 0.3) is 0 Å². The molecule has 21 heavy (non-hydrogen) atoms. The summed E-state index contributed by atoms with van der Waals surface area (Å²) in [6.07, 6.45) is 3.95. The molecule has 1 fully saturated rings. The van der Waals surface area contributed by atoms with E-state index in [1.165, 1.54) is 12.1 Å². The Balaban J connectivity index is 2.15. The Morgan fingerprint density at radius 1 is 1.43 bits per heavy atom. The van der Waals surface area contributed by atoms with Crippen LogP contribution in [-0.4, -0.2) is 17.4 Å². The van der Waals surface area contributed by atoms with E-state index in [1.807, 2.05) is 6.92 Å². The monoisotopic (exact) mass is 291 g/mol. The first-order valence-electron chi connectivity index (χ1n) is 7.29. The van der Waals surface area contributed by atoms with Gasteiger partial charge in [0.25, 0.3) is 5.69 Å². The number of anilines is 1. The number of nitrogens with zero attached hydrogens (tertiary/aromatic N) is 1. The lowest BCUT2D eigenvalue weighted by Crippen LogP contribution is -2.35. The first kappa shape index (κ1) is 15.4. The maximum absolute atomic E-state index is 12.4. The zero-order valence-electron chi connectivity index (χ0n) is 12.2. The minimum Gasteiger partial charge on any atom is -0.330 e. The van der Waals surface area contributed by atoms with Crippen LogP contribution in [0.4, 0.5) is 11.4 Å². The lowest BCUT2D eigenvalue weighted by atomic mass is 9.78. The van der Waals surface area contributed by atoms with Crippen molar-refractivity contribution in [2.75, 3.05) is 11.9 Å². The van der Waals surface area contributed by atoms with Crippen LogP contribution in [-0.2, 0) is 4.79 Å². The number of aryl methyl sites for hydroxylation is 1. The first-order valence-corrected chi connectivity index (χ1v) is 7.29. The molecule has 6 heteroatoms. The number of nitrogens with two attached hydrogens (primary N) is 1. The summed E-state index contributed by atoms with van der Waals surface area (Å²) < 4.78 is 0. The Kier molecular flexibility index (Phi) is 4.90. The van der Waals surface area contributed by atoms with Crippen LogP contribution in [0.5, 0.6) is 0 Å². The number of rotatable bonds is 4. The van der Waals surface area contributed by atoms with Gasteiger partial charge >= 0.3 is 0 Å². The Morgan fingerprint density at radius 2 is 2.14 bits per heavy atom. The molecule has 0 heterocycles. The van der Waals surface area contributed by atoms with Crippen LogP contribution in [0.1, 0.15) is 31.2 Å². The summed E-state index contributed by atoms with van der Waals surface area (Å²) in [5.41, 5.74) is 7.05. The van der Waals surface area contributed by atoms with E-state index in [0.29, 0.717) is 12.2 Å². The Labute approximate surface area is 123 Å². The van der Waals surface area contributed by atoms with E-state index in [-0.39, 0.29) is 23.4 Å². The Bertz CT molecular complexity index is 545. The average molecular weight is 291 g/mol. The van der Waals surface area contributed by atoms with Gasteiger partial charge < -0.3 is 11.1 Å². The highest BCUT2D eigenvalue weighted by Gasteiger charge is 2.30. The van der Waals surface area contributed by atoms with Crippen molar-refractivity contribution in [3.63, 3.8) is 0 Å². The molecule has 2 atom stereocenters. The second kappa shape index (κ2) is 6.67. The van der Waals surface area contributed by atoms with Crippen molar-refractivity contribution in [2.45, 2.75) is 32.6 Å². The molecular formula is C15H21N3O3. The van der Waals surface area contributed by atoms with Gasteiger partial charge in [-0.15, -0.1) is 0 Å². The van der Waals surface area contributed by atoms with Crippen molar-refractivity contribution < 1.29 is 9.72 Å². The van der Waals surface area contributed by atoms with E-state index in [9.17, 15) is 14.9 Å². The third kappa shape index (κ3) is 3.58. The molecule has 3 N–H and O–H groups in total. The number of nitro groups is 1. The van der Waals surface area contributed by atoms with E-state index in [1.54, 1.807) is 6.07 Å². The standard InChI is InChI=1S/C15H21N3O3/c1-10-6-7-12(18(20)21)8-14(10)17-15(19)13-5-3-2-4-11(13)9-16/h6-8,11,13H,2-5,9,16H2,1H3,(H,17,19). The average Bonchev–Trinajstić information content (AvgIpc) is 2.49. The fraction of sp³-hybridized carbons (Fsp3) is 0.533. The predicted octanol–water partition coefficient (Wildman–Crippen LogP) is 2.61. The molecule has 0 aromatic heterocycles. The van der Waals surface area contributed by atoms with Gasteiger partial charge in [0.05, 0.1) is 10.6 Å². The highest BCUT2D eigenvalue weighted by Crippen LogP contribution is 2.31. The van der Waals surface area contributed by atoms with Crippen molar-refractivity contribution in [3.8, 4) is 0 Å². The zero-order valence-corrected chi connectivity index (χ0v) is 12.2. The second-order valence-corrected chi connectivity index (χ2v) is 5.63. The number of hydrogen-bond acceptors (Lipinski definition) is 4. The third-order valence-corrected chi connectivity index (χ3v) is 4.24. The van der Waals surface area contributed by atoms with Crippen molar-refractivity contribution >= 4 is 17.3 Å². The summed E-state index contributed by atoms with van der Waals surface area (Å²) in [4.78, 5) is 22.8. The maximum atomic E-state index is 12.4. The summed E-state index contributed by atoms with van der Waals surface area (Å²) in [6.45, 7) is 2.33. The molecule has 1 saturated carbocycles. The number of benzene rings is 1. The summed E-state index contributed by atoms with van der Waals surface area (Å²) in [5, 5.41) is 13.7. The van der Waals surface area contributed by atoms with Crippen LogP contribution >= 0.6 is 0 Å². The number of nitro benzene ring substituents is 1. The van der Waals surface area contributed by atoms with Crippen molar-refractivity contribution in [3.05, 3.63) is 33.9 Å². The van der Waals surface area contributed by atoms with E-state index in [2.05, 4.69) is 5.32 Å². The molecule has 1 aromatic carbocycles. The van der Waals surface area contributed by atoms with Crippen molar-refractivity contribution in [2.24, 2.45) is 17.6 Å². The second-order valence-electron chi connectivity index (χ2n) is 5.63. The number of carbonyl (C=O) groups excluding carboxylic acids is 1. The topological polar surface area (TPSA) is 98.3 Å². The van der Waals surface area contributed by atoms with Gasteiger partial charge in [0.2, 0.25) is 5.91 Å². The molecule has 1 aliphatic rings. The fourth-order valence-electron chi connectivity index (χ4n) is 2.92. The van der Waals surface area contributed by atoms with Gasteiger partial charge in [-0.3, -0.25) is 14.9 Å². The number of carbonyl (C=O) groups is 1. The van der Waals surface area contributed by atoms with E-state index >= 15 is 0 Å². The third-order valence-electron chi connectivity index (χ3n) is 4.24. The van der Waals surface area contributed by atoms with Gasteiger partial charge in [0.1, 0.15) is 0 Å². The molecule has 2 rings (SSSR count). The molecule has 114 valence electrons. The highest BCUT2D eigenvalue weighted by molar-refractivity contribution is 5.93. The van der Waals surface area contributed by atoms with Crippen LogP contribution in [0.15, 0.2) is 18.2 Å². The lowest BCUT2D eigenvalue weighted by Gasteiger charge is -2.29. The minimum atomic E-state index is -0.460. The normalized spacial score (nSPS) is 21.8. The van der Waals surface area contributed by atoms with Gasteiger partial charge in [0.15, 0.2) is 0 Å². The molecule has 0 saturated heterocycles. The molecule has 2 unspecified atom stereocenters. The zero-order chi connectivity index (χ0) is 15.4. The number of hydrogen-bond donors (Lipinski definition) is 2. The number of nitrogens with one attached hydrogen (secondary N) is 1. The molecule has 0 bridgehead atoms. The lowest BCUT2D eigenvalue weighted by molar-refractivity contribution is -0.384. The molecule has 1 amide bonds. The molecule has 0 aliphatic heterocycles. The largest absolute Gasteiger partial charge is 0.330 e. The summed E-state index contributed by atoms with van der Waals surface area (Å²) in [6, 6.07) is 4.50. The summed E-state index contributed by atoms with van der Waals surface area (Å²) >= 11 is 0. The molecule has 1 aromatic rings. The maximum Gasteiger partial charge on any atom is 0.271 e. The van der Waals surface area contributed by atoms with Gasteiger partial charge in [0, 0.05) is 18.1 Å². The molecular weight excluding hydrogens is 270 g/mol. The molecule has 0 spiro atoms. The van der Waals surface area contributed by atoms with E-state index in [0.717, 1.165) is 31.2 Å². The van der Waals surface area contributed by atoms with E-state index < -0.39 is 4.92 Å². The van der Waals surface area contributed by atoms with Gasteiger partial charge in [-0.1, -0.05) is 18.9 Å². The van der Waals surface area contributed by atoms with Crippen LogP contribution in [0.3, 0.4) is 0 Å². The van der Waals surface area contributed by atoms with Crippen LogP contribution < -0.4 is 11.1 Å². The van der Waals surface area contributed by atoms with Crippen molar-refractivity contribution in [1.82, 2.24) is 0 Å². The van der Waals surface area contributed by atoms with Crippen molar-refractivity contribution in [1.29, 1.82) is 0 Å². The fourth-order valence-corrected chi connectivity index (χ4v) is 2.92. The molecule has 1 aliphatic carbocycles. The van der Waals surface area contributed by atoms with Gasteiger partial charge in [-0.2, -0.15) is 0 Å². The SMILES string of the molecule is Cc1ccc([N+](=O)[O-])cc1NC(=O)C1CCCCC1CN. The highest BCUT2D eigenvalue weighted by atomic mass is 16.6. The Hall–Kier alpha value is -1.95. The summed E-state index contributed by atoms with van der Waals surface area (Å²) in [7, 11) is 0. The predicted molar refractivity (Wildman–Crippen MR) is 81.0 cm³/mol. The number of amides is 1. The van der Waals surface area contributed by atoms with Crippen LogP contribution in [0, 0.1) is 28.9 Å². The first-order chi connectivity index (χ1) is 10.0. The van der Waals surface area contributed by atoms with Gasteiger partial charge in [-0.25, -0.2) is 0 Å². The number of non-ortho nitro benzene ring substituents is 1. The van der Waals surface area contributed by atoms with E-state index in [4.69, 9.17) is 5.73 Å². The smallest absolute Gasteiger partial charge is 0.271 e. The molecule has 6 nitrogen and oxygen atoms in total. The van der Waals surface area contributed by atoms with Gasteiger partial charge in [-0.05, 0) is 37.8 Å². The molecule has 0 radical (unpaired) electrons.